The third-order valence-electron chi connectivity index (χ3n) is 6.48. The van der Waals surface area contributed by atoms with E-state index in [4.69, 9.17) is 11.6 Å². The Morgan fingerprint density at radius 2 is 1.55 bits per heavy atom. The molecule has 0 aromatic heterocycles. The van der Waals surface area contributed by atoms with E-state index in [0.29, 0.717) is 5.02 Å². The van der Waals surface area contributed by atoms with E-state index in [9.17, 15) is 22.8 Å². The van der Waals surface area contributed by atoms with Gasteiger partial charge < -0.3 is 10.2 Å². The average Bonchev–Trinajstić information content (AvgIpc) is 3.10. The van der Waals surface area contributed by atoms with Gasteiger partial charge in [-0.25, -0.2) is 12.7 Å². The van der Waals surface area contributed by atoms with E-state index < -0.39 is 33.4 Å². The van der Waals surface area contributed by atoms with Crippen molar-refractivity contribution in [2.45, 2.75) is 56.6 Å². The Bertz CT molecular complexity index is 1500. The number of nitrogens with one attached hydrogen (secondary N) is 1. The molecule has 210 valence electrons. The van der Waals surface area contributed by atoms with Crippen LogP contribution in [0.3, 0.4) is 0 Å². The molecule has 10 heteroatoms. The number of amides is 3. The highest BCUT2D eigenvalue weighted by molar-refractivity contribution is 7.90. The highest BCUT2D eigenvalue weighted by Gasteiger charge is 2.41. The van der Waals surface area contributed by atoms with Gasteiger partial charge in [0.05, 0.1) is 5.56 Å². The van der Waals surface area contributed by atoms with E-state index in [1.807, 2.05) is 51.1 Å². The molecule has 40 heavy (non-hydrogen) atoms. The zero-order valence-corrected chi connectivity index (χ0v) is 24.2. The van der Waals surface area contributed by atoms with Gasteiger partial charge in [-0.15, -0.1) is 0 Å². The highest BCUT2D eigenvalue weighted by Crippen LogP contribution is 2.30. The van der Waals surface area contributed by atoms with Crippen LogP contribution in [0.1, 0.15) is 48.7 Å². The van der Waals surface area contributed by atoms with Crippen LogP contribution in [0.25, 0.3) is 0 Å². The summed E-state index contributed by atoms with van der Waals surface area (Å²) in [5.41, 5.74) is 1.14. The maximum atomic E-state index is 13.9. The highest BCUT2D eigenvalue weighted by atomic mass is 35.5. The smallest absolute Gasteiger partial charge is 0.269 e. The van der Waals surface area contributed by atoms with Crippen molar-refractivity contribution < 1.29 is 22.8 Å². The van der Waals surface area contributed by atoms with Gasteiger partial charge in [-0.3, -0.25) is 14.4 Å². The van der Waals surface area contributed by atoms with Crippen LogP contribution in [-0.2, 0) is 32.6 Å². The van der Waals surface area contributed by atoms with Gasteiger partial charge in [-0.2, -0.15) is 0 Å². The lowest BCUT2D eigenvalue weighted by molar-refractivity contribution is -0.142. The van der Waals surface area contributed by atoms with Crippen molar-refractivity contribution in [1.29, 1.82) is 0 Å². The maximum Gasteiger partial charge on any atom is 0.269 e. The van der Waals surface area contributed by atoms with Crippen LogP contribution in [0, 0.1) is 0 Å². The van der Waals surface area contributed by atoms with Crippen LogP contribution in [-0.4, -0.2) is 53.5 Å². The van der Waals surface area contributed by atoms with Crippen molar-refractivity contribution >= 4 is 39.3 Å². The first-order valence-electron chi connectivity index (χ1n) is 12.9. The van der Waals surface area contributed by atoms with Crippen LogP contribution in [0.15, 0.2) is 83.8 Å². The summed E-state index contributed by atoms with van der Waals surface area (Å²) >= 11 is 6.07. The number of nitrogens with zero attached hydrogens (tertiary/aromatic N) is 2. The molecule has 0 bridgehead atoms. The maximum absolute atomic E-state index is 13.9. The van der Waals surface area contributed by atoms with Crippen molar-refractivity contribution in [2.24, 2.45) is 0 Å². The fourth-order valence-corrected chi connectivity index (χ4v) is 6.28. The molecule has 8 nitrogen and oxygen atoms in total. The molecule has 1 N–H and O–H groups in total. The molecule has 0 fully saturated rings. The number of fused-ring (bicyclic) bond motifs is 1. The summed E-state index contributed by atoms with van der Waals surface area (Å²) in [4.78, 5) is 41.8. The molecular formula is C30H32ClN3O5S. The lowest BCUT2D eigenvalue weighted by Gasteiger charge is -2.34. The molecule has 3 aromatic rings. The number of hydrogen-bond donors (Lipinski definition) is 1. The topological polar surface area (TPSA) is 104 Å². The molecule has 1 atom stereocenters. The van der Waals surface area contributed by atoms with E-state index in [1.54, 1.807) is 36.4 Å². The number of benzene rings is 3. The number of carbonyl (C=O) groups is 3. The fourth-order valence-electron chi connectivity index (χ4n) is 4.59. The quantitative estimate of drug-likeness (QED) is 0.403. The Kier molecular flexibility index (Phi) is 8.65. The third-order valence-corrected chi connectivity index (χ3v) is 8.57. The number of rotatable bonds is 9. The molecule has 3 aromatic carbocycles. The summed E-state index contributed by atoms with van der Waals surface area (Å²) in [7, 11) is -4.07. The van der Waals surface area contributed by atoms with Gasteiger partial charge in [0.25, 0.3) is 15.9 Å². The van der Waals surface area contributed by atoms with E-state index in [-0.39, 0.29) is 42.3 Å². The Morgan fingerprint density at radius 3 is 2.17 bits per heavy atom. The minimum atomic E-state index is -4.07. The lowest BCUT2D eigenvalue weighted by atomic mass is 10.0. The van der Waals surface area contributed by atoms with Crippen LogP contribution >= 0.6 is 11.6 Å². The first-order valence-corrected chi connectivity index (χ1v) is 14.7. The Hall–Kier alpha value is -3.69. The number of carbonyl (C=O) groups excluding carboxylic acids is 3. The Labute approximate surface area is 240 Å². The van der Waals surface area contributed by atoms with Gasteiger partial charge in [-0.1, -0.05) is 66.2 Å². The zero-order valence-electron chi connectivity index (χ0n) is 22.6. The van der Waals surface area contributed by atoms with Gasteiger partial charge in [0.1, 0.15) is 10.9 Å². The first kappa shape index (κ1) is 29.3. The minimum Gasteiger partial charge on any atom is -0.350 e. The molecule has 0 saturated heterocycles. The summed E-state index contributed by atoms with van der Waals surface area (Å²) in [6, 6.07) is 21.4. The standard InChI is InChI=1S/C30H32ClN3O5S/c1-30(2,3)32-28(36)25(19-21-9-5-4-6-10-21)33(20-22-13-15-23(31)16-14-22)27(35)17-18-34-29(37)24-11-7-8-12-26(24)40(34,38)39/h4-16,25H,17-20H2,1-3H3,(H,32,36). The molecule has 1 aliphatic rings. The molecule has 1 heterocycles. The van der Waals surface area contributed by atoms with E-state index in [0.717, 1.165) is 15.4 Å². The SMILES string of the molecule is CC(C)(C)NC(=O)C(Cc1ccccc1)N(Cc1ccc(Cl)cc1)C(=O)CCN1C(=O)c2ccccc2S1(=O)=O. The third kappa shape index (κ3) is 6.71. The Morgan fingerprint density at radius 1 is 0.925 bits per heavy atom. The van der Waals surface area contributed by atoms with Crippen molar-refractivity contribution in [3.63, 3.8) is 0 Å². The van der Waals surface area contributed by atoms with Crippen LogP contribution in [0.2, 0.25) is 5.02 Å². The normalized spacial score (nSPS) is 14.9. The Balaban J connectivity index is 1.65. The van der Waals surface area contributed by atoms with Gasteiger partial charge in [0.15, 0.2) is 0 Å². The lowest BCUT2D eigenvalue weighted by Crippen LogP contribution is -2.54. The van der Waals surface area contributed by atoms with Crippen molar-refractivity contribution in [1.82, 2.24) is 14.5 Å². The summed E-state index contributed by atoms with van der Waals surface area (Å²) in [6.45, 7) is 5.32. The van der Waals surface area contributed by atoms with E-state index in [2.05, 4.69) is 5.32 Å². The van der Waals surface area contributed by atoms with E-state index in [1.165, 1.54) is 17.0 Å². The van der Waals surface area contributed by atoms with Crippen molar-refractivity contribution in [3.8, 4) is 0 Å². The average molecular weight is 582 g/mol. The number of halogens is 1. The molecule has 0 saturated carbocycles. The minimum absolute atomic E-state index is 0.0722. The predicted molar refractivity (Wildman–Crippen MR) is 153 cm³/mol. The van der Waals surface area contributed by atoms with Crippen LogP contribution < -0.4 is 5.32 Å². The molecule has 4 rings (SSSR count). The molecule has 3 amide bonds. The molecule has 0 spiro atoms. The van der Waals surface area contributed by atoms with Gasteiger partial charge >= 0.3 is 0 Å². The molecule has 0 aliphatic carbocycles. The second kappa shape index (κ2) is 11.8. The van der Waals surface area contributed by atoms with Crippen molar-refractivity contribution in [3.05, 3.63) is 101 Å². The zero-order chi connectivity index (χ0) is 29.1. The predicted octanol–water partition coefficient (Wildman–Crippen LogP) is 4.43. The summed E-state index contributed by atoms with van der Waals surface area (Å²) in [5, 5.41) is 3.52. The second-order valence-electron chi connectivity index (χ2n) is 10.7. The van der Waals surface area contributed by atoms with Gasteiger partial charge in [0, 0.05) is 36.5 Å². The second-order valence-corrected chi connectivity index (χ2v) is 13.0. The summed E-state index contributed by atoms with van der Waals surface area (Å²) < 4.78 is 26.8. The molecule has 0 radical (unpaired) electrons. The molecule has 1 unspecified atom stereocenters. The van der Waals surface area contributed by atoms with E-state index >= 15 is 0 Å². The molecular weight excluding hydrogens is 550 g/mol. The monoisotopic (exact) mass is 581 g/mol. The van der Waals surface area contributed by atoms with Crippen LogP contribution in [0.4, 0.5) is 0 Å². The summed E-state index contributed by atoms with van der Waals surface area (Å²) in [6.07, 6.45) is -0.0465. The summed E-state index contributed by atoms with van der Waals surface area (Å²) in [5.74, 6) is -1.46. The van der Waals surface area contributed by atoms with Gasteiger partial charge in [-0.05, 0) is 56.2 Å². The van der Waals surface area contributed by atoms with Crippen LogP contribution in [0.5, 0.6) is 0 Å². The largest absolute Gasteiger partial charge is 0.350 e. The number of sulfonamides is 1. The number of hydrogen-bond acceptors (Lipinski definition) is 5. The fraction of sp³-hybridized carbons (Fsp3) is 0.300. The first-order chi connectivity index (χ1) is 18.9. The van der Waals surface area contributed by atoms with Crippen molar-refractivity contribution in [2.75, 3.05) is 6.54 Å². The molecule has 1 aliphatic heterocycles. The van der Waals surface area contributed by atoms with Gasteiger partial charge in [0.2, 0.25) is 11.8 Å².